The highest BCUT2D eigenvalue weighted by molar-refractivity contribution is 5.96. The number of ether oxygens (including phenoxy) is 1. The molecule has 0 aliphatic heterocycles. The van der Waals surface area contributed by atoms with Crippen molar-refractivity contribution in [2.45, 2.75) is 26.4 Å². The van der Waals surface area contributed by atoms with Crippen LogP contribution in [0.5, 0.6) is 0 Å². The Balaban J connectivity index is 1.64. The molecule has 26 heavy (non-hydrogen) atoms. The average molecular weight is 342 g/mol. The number of hydrogen-bond donors (Lipinski definition) is 0. The summed E-state index contributed by atoms with van der Waals surface area (Å²) in [6.07, 6.45) is 2.52. The summed E-state index contributed by atoms with van der Waals surface area (Å²) in [6, 6.07) is 20.0. The molecule has 1 unspecified atom stereocenters. The molecule has 0 bridgehead atoms. The standard InChI is InChI=1S/C24H22O2/c1-4-16-9-10-18-14-19(12-11-17(18)13-16)23(25)26-22-21-8-6-5-7-20(21)15-24(22,2)3/h4-14,22H,1,15H2,2-3H3. The summed E-state index contributed by atoms with van der Waals surface area (Å²) in [4.78, 5) is 12.8. The van der Waals surface area contributed by atoms with E-state index in [1.165, 1.54) is 5.56 Å². The summed E-state index contributed by atoms with van der Waals surface area (Å²) in [5.41, 5.74) is 3.95. The first-order valence-corrected chi connectivity index (χ1v) is 8.93. The first-order chi connectivity index (χ1) is 12.5. The summed E-state index contributed by atoms with van der Waals surface area (Å²) in [7, 11) is 0. The van der Waals surface area contributed by atoms with Crippen LogP contribution in [0, 0.1) is 5.41 Å². The molecule has 1 atom stereocenters. The lowest BCUT2D eigenvalue weighted by Crippen LogP contribution is -2.23. The molecule has 130 valence electrons. The van der Waals surface area contributed by atoms with Crippen molar-refractivity contribution in [1.29, 1.82) is 0 Å². The van der Waals surface area contributed by atoms with Gasteiger partial charge in [-0.3, -0.25) is 0 Å². The molecule has 4 rings (SSSR count). The molecule has 3 aromatic rings. The Morgan fingerprint density at radius 2 is 1.81 bits per heavy atom. The van der Waals surface area contributed by atoms with E-state index in [0.29, 0.717) is 5.56 Å². The van der Waals surface area contributed by atoms with E-state index >= 15 is 0 Å². The minimum Gasteiger partial charge on any atom is -0.453 e. The van der Waals surface area contributed by atoms with Crippen LogP contribution in [0.2, 0.25) is 0 Å². The van der Waals surface area contributed by atoms with Crippen molar-refractivity contribution in [1.82, 2.24) is 0 Å². The van der Waals surface area contributed by atoms with E-state index in [9.17, 15) is 4.79 Å². The number of carbonyl (C=O) groups excluding carboxylic acids is 1. The lowest BCUT2D eigenvalue weighted by atomic mass is 9.87. The zero-order valence-corrected chi connectivity index (χ0v) is 15.2. The summed E-state index contributed by atoms with van der Waals surface area (Å²) in [5.74, 6) is -0.269. The molecule has 0 saturated carbocycles. The summed E-state index contributed by atoms with van der Waals surface area (Å²) in [6.45, 7) is 8.11. The van der Waals surface area contributed by atoms with Crippen molar-refractivity contribution in [2.75, 3.05) is 0 Å². The van der Waals surface area contributed by atoms with Gasteiger partial charge in [0.2, 0.25) is 0 Å². The third kappa shape index (κ3) is 2.82. The Bertz CT molecular complexity index is 1010. The molecule has 0 fully saturated rings. The van der Waals surface area contributed by atoms with Gasteiger partial charge in [0, 0.05) is 5.41 Å². The van der Waals surface area contributed by atoms with Crippen molar-refractivity contribution in [3.63, 3.8) is 0 Å². The predicted octanol–water partition coefficient (Wildman–Crippen LogP) is 5.96. The minimum absolute atomic E-state index is 0.102. The average Bonchev–Trinajstić information content (AvgIpc) is 2.90. The van der Waals surface area contributed by atoms with Gasteiger partial charge in [0.05, 0.1) is 5.56 Å². The molecule has 0 radical (unpaired) electrons. The molecule has 2 heteroatoms. The van der Waals surface area contributed by atoms with Crippen molar-refractivity contribution in [3.05, 3.63) is 89.5 Å². The maximum Gasteiger partial charge on any atom is 0.338 e. The predicted molar refractivity (Wildman–Crippen MR) is 106 cm³/mol. The van der Waals surface area contributed by atoms with Crippen LogP contribution in [0.4, 0.5) is 0 Å². The molecule has 1 aliphatic carbocycles. The van der Waals surface area contributed by atoms with Crippen molar-refractivity contribution in [3.8, 4) is 0 Å². The second-order valence-corrected chi connectivity index (χ2v) is 7.68. The van der Waals surface area contributed by atoms with Gasteiger partial charge in [-0.05, 0) is 52.1 Å². The van der Waals surface area contributed by atoms with Gasteiger partial charge in [-0.15, -0.1) is 0 Å². The van der Waals surface area contributed by atoms with E-state index in [-0.39, 0.29) is 17.5 Å². The molecule has 3 aromatic carbocycles. The zero-order chi connectivity index (χ0) is 18.3. The zero-order valence-electron chi connectivity index (χ0n) is 15.2. The lowest BCUT2D eigenvalue weighted by Gasteiger charge is -2.27. The van der Waals surface area contributed by atoms with Crippen LogP contribution < -0.4 is 0 Å². The molecule has 0 aromatic heterocycles. The molecule has 2 nitrogen and oxygen atoms in total. The first kappa shape index (κ1) is 16.6. The molecule has 0 amide bonds. The number of benzene rings is 3. The fourth-order valence-electron chi connectivity index (χ4n) is 3.87. The normalized spacial score (nSPS) is 17.7. The molecule has 0 N–H and O–H groups in total. The Morgan fingerprint density at radius 3 is 2.62 bits per heavy atom. The minimum atomic E-state index is -0.269. The van der Waals surface area contributed by atoms with Gasteiger partial charge >= 0.3 is 5.97 Å². The molecule has 0 heterocycles. The van der Waals surface area contributed by atoms with Crippen LogP contribution in [0.1, 0.15) is 47.0 Å². The van der Waals surface area contributed by atoms with Crippen LogP contribution in [-0.4, -0.2) is 5.97 Å². The maximum absolute atomic E-state index is 12.8. The van der Waals surface area contributed by atoms with E-state index in [4.69, 9.17) is 4.74 Å². The topological polar surface area (TPSA) is 26.3 Å². The Kier molecular flexibility index (Phi) is 3.91. The fourth-order valence-corrected chi connectivity index (χ4v) is 3.87. The van der Waals surface area contributed by atoms with Crippen LogP contribution >= 0.6 is 0 Å². The molecule has 0 saturated heterocycles. The number of esters is 1. The van der Waals surface area contributed by atoms with Gasteiger partial charge in [0.25, 0.3) is 0 Å². The Hall–Kier alpha value is -2.87. The van der Waals surface area contributed by atoms with E-state index in [2.05, 4.69) is 38.6 Å². The third-order valence-electron chi connectivity index (χ3n) is 5.25. The highest BCUT2D eigenvalue weighted by atomic mass is 16.5. The second-order valence-electron chi connectivity index (χ2n) is 7.68. The highest BCUT2D eigenvalue weighted by Gasteiger charge is 2.41. The first-order valence-electron chi connectivity index (χ1n) is 8.93. The maximum atomic E-state index is 12.8. The SMILES string of the molecule is C=Cc1ccc2cc(C(=O)OC3c4ccccc4CC3(C)C)ccc2c1. The summed E-state index contributed by atoms with van der Waals surface area (Å²) >= 11 is 0. The van der Waals surface area contributed by atoms with Gasteiger partial charge in [-0.25, -0.2) is 4.79 Å². The number of fused-ring (bicyclic) bond motifs is 2. The van der Waals surface area contributed by atoms with Gasteiger partial charge in [-0.1, -0.05) is 69.0 Å². The molecule has 1 aliphatic rings. The quantitative estimate of drug-likeness (QED) is 0.549. The van der Waals surface area contributed by atoms with E-state index in [1.54, 1.807) is 0 Å². The lowest BCUT2D eigenvalue weighted by molar-refractivity contribution is -0.00179. The van der Waals surface area contributed by atoms with Crippen LogP contribution in [0.15, 0.2) is 67.2 Å². The van der Waals surface area contributed by atoms with E-state index in [0.717, 1.165) is 28.3 Å². The summed E-state index contributed by atoms with van der Waals surface area (Å²) in [5, 5.41) is 2.11. The van der Waals surface area contributed by atoms with Crippen LogP contribution in [0.25, 0.3) is 16.8 Å². The molecule has 0 spiro atoms. The molecular formula is C24H22O2. The van der Waals surface area contributed by atoms with Gasteiger partial charge in [-0.2, -0.15) is 0 Å². The fraction of sp³-hybridized carbons (Fsp3) is 0.208. The van der Waals surface area contributed by atoms with E-state index in [1.807, 2.05) is 48.5 Å². The van der Waals surface area contributed by atoms with E-state index < -0.39 is 0 Å². The third-order valence-corrected chi connectivity index (χ3v) is 5.25. The number of rotatable bonds is 3. The van der Waals surface area contributed by atoms with Crippen LogP contribution in [-0.2, 0) is 11.2 Å². The smallest absolute Gasteiger partial charge is 0.338 e. The Labute approximate surface area is 154 Å². The number of hydrogen-bond acceptors (Lipinski definition) is 2. The van der Waals surface area contributed by atoms with Crippen molar-refractivity contribution < 1.29 is 9.53 Å². The summed E-state index contributed by atoms with van der Waals surface area (Å²) < 4.78 is 5.98. The largest absolute Gasteiger partial charge is 0.453 e. The Morgan fingerprint density at radius 1 is 1.08 bits per heavy atom. The molecular weight excluding hydrogens is 320 g/mol. The monoisotopic (exact) mass is 342 g/mol. The van der Waals surface area contributed by atoms with Crippen molar-refractivity contribution in [2.24, 2.45) is 5.41 Å². The van der Waals surface area contributed by atoms with Gasteiger partial charge in [0.15, 0.2) is 0 Å². The van der Waals surface area contributed by atoms with Crippen LogP contribution in [0.3, 0.4) is 0 Å². The highest BCUT2D eigenvalue weighted by Crippen LogP contribution is 2.47. The number of carbonyl (C=O) groups is 1. The van der Waals surface area contributed by atoms with Crippen molar-refractivity contribution >= 4 is 22.8 Å². The second kappa shape index (κ2) is 6.14. The van der Waals surface area contributed by atoms with Gasteiger partial charge in [0.1, 0.15) is 6.10 Å². The van der Waals surface area contributed by atoms with Gasteiger partial charge < -0.3 is 4.74 Å².